The predicted molar refractivity (Wildman–Crippen MR) is 74.2 cm³/mol. The molecule has 2 rings (SSSR count). The van der Waals surface area contributed by atoms with Crippen molar-refractivity contribution < 1.29 is 9.90 Å². The molecule has 18 heavy (non-hydrogen) atoms. The van der Waals surface area contributed by atoms with Crippen LogP contribution in [0.2, 0.25) is 0 Å². The number of carbonyl (C=O) groups is 1. The molecule has 0 bridgehead atoms. The van der Waals surface area contributed by atoms with E-state index in [1.54, 1.807) is 6.07 Å². The van der Waals surface area contributed by atoms with Crippen LogP contribution in [0.25, 0.3) is 0 Å². The van der Waals surface area contributed by atoms with Gasteiger partial charge in [0.1, 0.15) is 4.88 Å². The quantitative estimate of drug-likeness (QED) is 0.908. The second-order valence-corrected chi connectivity index (χ2v) is 6.58. The fraction of sp³-hybridized carbons (Fsp3) is 0.643. The highest BCUT2D eigenvalue weighted by Crippen LogP contribution is 2.28. The maximum absolute atomic E-state index is 10.8. The molecule has 1 heterocycles. The Hall–Kier alpha value is -0.870. The van der Waals surface area contributed by atoms with Crippen molar-refractivity contribution in [2.75, 3.05) is 7.05 Å². The van der Waals surface area contributed by atoms with Gasteiger partial charge in [-0.2, -0.15) is 0 Å². The van der Waals surface area contributed by atoms with Crippen molar-refractivity contribution in [2.24, 2.45) is 5.92 Å². The van der Waals surface area contributed by atoms with Gasteiger partial charge in [-0.1, -0.05) is 19.8 Å². The molecule has 0 saturated heterocycles. The van der Waals surface area contributed by atoms with Crippen LogP contribution in [-0.4, -0.2) is 29.1 Å². The largest absolute Gasteiger partial charge is 0.477 e. The Balaban J connectivity index is 1.93. The van der Waals surface area contributed by atoms with Crippen LogP contribution in [0.4, 0.5) is 0 Å². The number of carboxylic acids is 1. The maximum atomic E-state index is 10.8. The maximum Gasteiger partial charge on any atom is 0.345 e. The van der Waals surface area contributed by atoms with Crippen molar-refractivity contribution in [1.82, 2.24) is 4.90 Å². The summed E-state index contributed by atoms with van der Waals surface area (Å²) in [6, 6.07) is 4.31. The minimum Gasteiger partial charge on any atom is -0.477 e. The van der Waals surface area contributed by atoms with Crippen molar-refractivity contribution in [3.05, 3.63) is 21.9 Å². The highest BCUT2D eigenvalue weighted by Gasteiger charge is 2.22. The lowest BCUT2D eigenvalue weighted by Crippen LogP contribution is -2.34. The summed E-state index contributed by atoms with van der Waals surface area (Å²) >= 11 is 1.39. The van der Waals surface area contributed by atoms with Gasteiger partial charge in [-0.05, 0) is 37.9 Å². The van der Waals surface area contributed by atoms with Crippen LogP contribution in [0.3, 0.4) is 0 Å². The molecular formula is C14H21NO2S. The Morgan fingerprint density at radius 2 is 2.28 bits per heavy atom. The fourth-order valence-corrected chi connectivity index (χ4v) is 3.67. The van der Waals surface area contributed by atoms with Crippen LogP contribution in [0.5, 0.6) is 0 Å². The molecule has 0 aromatic carbocycles. The van der Waals surface area contributed by atoms with E-state index in [2.05, 4.69) is 18.9 Å². The molecule has 1 aliphatic rings. The van der Waals surface area contributed by atoms with Crippen molar-refractivity contribution in [1.29, 1.82) is 0 Å². The van der Waals surface area contributed by atoms with Gasteiger partial charge in [-0.15, -0.1) is 11.3 Å². The van der Waals surface area contributed by atoms with E-state index < -0.39 is 5.97 Å². The van der Waals surface area contributed by atoms with E-state index in [9.17, 15) is 4.79 Å². The molecule has 0 aliphatic heterocycles. The first-order valence-electron chi connectivity index (χ1n) is 6.58. The lowest BCUT2D eigenvalue weighted by Gasteiger charge is -2.33. The van der Waals surface area contributed by atoms with Crippen LogP contribution < -0.4 is 0 Å². The van der Waals surface area contributed by atoms with E-state index in [1.807, 2.05) is 6.07 Å². The van der Waals surface area contributed by atoms with Crippen LogP contribution in [0, 0.1) is 5.92 Å². The zero-order valence-electron chi connectivity index (χ0n) is 11.1. The third-order valence-electron chi connectivity index (χ3n) is 3.81. The molecule has 2 unspecified atom stereocenters. The molecule has 1 aromatic heterocycles. The van der Waals surface area contributed by atoms with E-state index in [0.29, 0.717) is 10.9 Å². The second-order valence-electron chi connectivity index (χ2n) is 5.41. The zero-order chi connectivity index (χ0) is 13.1. The van der Waals surface area contributed by atoms with Crippen LogP contribution in [0.15, 0.2) is 12.1 Å². The number of thiophene rings is 1. The Morgan fingerprint density at radius 3 is 2.89 bits per heavy atom. The summed E-state index contributed by atoms with van der Waals surface area (Å²) in [5, 5.41) is 8.91. The minimum atomic E-state index is -0.819. The molecule has 1 fully saturated rings. The fourth-order valence-electron chi connectivity index (χ4n) is 2.76. The zero-order valence-corrected chi connectivity index (χ0v) is 11.9. The molecule has 2 atom stereocenters. The van der Waals surface area contributed by atoms with E-state index in [4.69, 9.17) is 5.11 Å². The molecule has 0 spiro atoms. The average molecular weight is 267 g/mol. The minimum absolute atomic E-state index is 0.440. The first-order chi connectivity index (χ1) is 8.56. The van der Waals surface area contributed by atoms with Crippen LogP contribution in [0.1, 0.15) is 47.2 Å². The summed E-state index contributed by atoms with van der Waals surface area (Å²) in [6.45, 7) is 3.20. The Kier molecular flexibility index (Phi) is 4.40. The van der Waals surface area contributed by atoms with Gasteiger partial charge in [0.05, 0.1) is 0 Å². The van der Waals surface area contributed by atoms with Crippen molar-refractivity contribution in [2.45, 2.75) is 45.2 Å². The Bertz CT molecular complexity index is 416. The van der Waals surface area contributed by atoms with Gasteiger partial charge in [-0.3, -0.25) is 4.90 Å². The monoisotopic (exact) mass is 267 g/mol. The molecule has 0 amide bonds. The molecule has 3 nitrogen and oxygen atoms in total. The smallest absolute Gasteiger partial charge is 0.345 e. The molecule has 1 N–H and O–H groups in total. The van der Waals surface area contributed by atoms with Gasteiger partial charge in [0, 0.05) is 17.5 Å². The highest BCUT2D eigenvalue weighted by atomic mass is 32.1. The first kappa shape index (κ1) is 13.6. The van der Waals surface area contributed by atoms with Gasteiger partial charge < -0.3 is 5.11 Å². The molecule has 100 valence electrons. The number of rotatable bonds is 4. The van der Waals surface area contributed by atoms with Gasteiger partial charge in [-0.25, -0.2) is 4.79 Å². The van der Waals surface area contributed by atoms with E-state index in [-0.39, 0.29) is 0 Å². The predicted octanol–water partition coefficient (Wildman–Crippen LogP) is 3.46. The highest BCUT2D eigenvalue weighted by molar-refractivity contribution is 7.13. The number of hydrogen-bond acceptors (Lipinski definition) is 3. The summed E-state index contributed by atoms with van der Waals surface area (Å²) in [6.07, 6.45) is 5.22. The third kappa shape index (κ3) is 3.33. The first-order valence-corrected chi connectivity index (χ1v) is 7.40. The van der Waals surface area contributed by atoms with Gasteiger partial charge in [0.2, 0.25) is 0 Å². The normalized spacial score (nSPS) is 24.4. The summed E-state index contributed by atoms with van der Waals surface area (Å²) in [7, 11) is 2.16. The van der Waals surface area contributed by atoms with E-state index in [0.717, 1.165) is 17.3 Å². The van der Waals surface area contributed by atoms with Crippen molar-refractivity contribution in [3.63, 3.8) is 0 Å². The van der Waals surface area contributed by atoms with E-state index >= 15 is 0 Å². The van der Waals surface area contributed by atoms with Gasteiger partial charge in [0.25, 0.3) is 0 Å². The molecule has 4 heteroatoms. The van der Waals surface area contributed by atoms with Crippen LogP contribution in [-0.2, 0) is 6.54 Å². The number of aromatic carboxylic acids is 1. The summed E-state index contributed by atoms with van der Waals surface area (Å²) < 4.78 is 0. The van der Waals surface area contributed by atoms with Crippen molar-refractivity contribution in [3.8, 4) is 0 Å². The van der Waals surface area contributed by atoms with Crippen LogP contribution >= 0.6 is 11.3 Å². The van der Waals surface area contributed by atoms with Crippen molar-refractivity contribution >= 4 is 17.3 Å². The SMILES string of the molecule is CC1CCCC(N(C)Cc2ccc(C(=O)O)s2)C1. The number of carboxylic acid groups (broad SMARTS) is 1. The molecule has 1 saturated carbocycles. The van der Waals surface area contributed by atoms with Gasteiger partial charge >= 0.3 is 5.97 Å². The lowest BCUT2D eigenvalue weighted by molar-refractivity contribution is 0.0702. The van der Waals surface area contributed by atoms with Gasteiger partial charge in [0.15, 0.2) is 0 Å². The summed E-state index contributed by atoms with van der Waals surface area (Å²) in [4.78, 5) is 14.8. The lowest BCUT2D eigenvalue weighted by atomic mass is 9.86. The molecular weight excluding hydrogens is 246 g/mol. The molecule has 0 radical (unpaired) electrons. The standard InChI is InChI=1S/C14H21NO2S/c1-10-4-3-5-11(8-10)15(2)9-12-6-7-13(18-12)14(16)17/h6-7,10-11H,3-5,8-9H2,1-2H3,(H,16,17). The summed E-state index contributed by atoms with van der Waals surface area (Å²) in [5.74, 6) is 0.00399. The number of nitrogens with zero attached hydrogens (tertiary/aromatic N) is 1. The third-order valence-corrected chi connectivity index (χ3v) is 4.87. The summed E-state index contributed by atoms with van der Waals surface area (Å²) in [5.41, 5.74) is 0. The molecule has 1 aliphatic carbocycles. The second kappa shape index (κ2) is 5.85. The topological polar surface area (TPSA) is 40.5 Å². The number of hydrogen-bond donors (Lipinski definition) is 1. The average Bonchev–Trinajstić information content (AvgIpc) is 2.77. The molecule has 1 aromatic rings. The Morgan fingerprint density at radius 1 is 1.50 bits per heavy atom. The van der Waals surface area contributed by atoms with E-state index in [1.165, 1.54) is 37.0 Å². The Labute approximate surface area is 112 Å².